The lowest BCUT2D eigenvalue weighted by molar-refractivity contribution is -0.139. The zero-order valence-corrected chi connectivity index (χ0v) is 15.4. The highest BCUT2D eigenvalue weighted by Gasteiger charge is 2.47. The first-order chi connectivity index (χ1) is 12.5. The van der Waals surface area contributed by atoms with Crippen molar-refractivity contribution in [3.8, 4) is 0 Å². The van der Waals surface area contributed by atoms with Gasteiger partial charge in [0, 0.05) is 0 Å². The Bertz CT molecular complexity index is 817. The summed E-state index contributed by atoms with van der Waals surface area (Å²) < 4.78 is 18.6. The number of fused-ring (bicyclic) bond motifs is 1. The highest BCUT2D eigenvalue weighted by Crippen LogP contribution is 2.43. The van der Waals surface area contributed by atoms with Crippen molar-refractivity contribution in [1.82, 2.24) is 4.90 Å². The van der Waals surface area contributed by atoms with Crippen LogP contribution in [0.4, 0.5) is 4.39 Å². The number of amidine groups is 1. The number of nitrogens with zero attached hydrogens (tertiary/aromatic N) is 2. The molecule has 3 rings (SSSR count). The van der Waals surface area contributed by atoms with Crippen molar-refractivity contribution in [2.45, 2.75) is 31.6 Å². The molecule has 2 aliphatic rings. The number of carbonyl (C=O) groups is 2. The van der Waals surface area contributed by atoms with E-state index in [0.717, 1.165) is 0 Å². The molecule has 136 valence electrons. The summed E-state index contributed by atoms with van der Waals surface area (Å²) >= 11 is 1.39. The normalized spacial score (nSPS) is 22.2. The minimum Gasteiger partial charge on any atom is -0.458 e. The van der Waals surface area contributed by atoms with Gasteiger partial charge < -0.3 is 4.74 Å². The number of thioether (sulfide) groups is 1. The van der Waals surface area contributed by atoms with E-state index in [1.54, 1.807) is 19.1 Å². The molecule has 2 aliphatic heterocycles. The molecule has 26 heavy (non-hydrogen) atoms. The number of esters is 1. The van der Waals surface area contributed by atoms with Gasteiger partial charge in [-0.25, -0.2) is 14.2 Å². The van der Waals surface area contributed by atoms with Crippen LogP contribution in [-0.2, 0) is 14.3 Å². The molecule has 0 saturated carbocycles. The SMILES string of the molecule is C=CCOC(=O)C1=C(C)N=C2S[C@@H](CC)C(=O)N2[C@H]1c1ccc(F)cc1. The van der Waals surface area contributed by atoms with E-state index < -0.39 is 12.0 Å². The number of ether oxygens (including phenoxy) is 1. The molecule has 0 aromatic heterocycles. The number of hydrogen-bond acceptors (Lipinski definition) is 5. The van der Waals surface area contributed by atoms with Crippen LogP contribution in [0.3, 0.4) is 0 Å². The predicted molar refractivity (Wildman–Crippen MR) is 98.9 cm³/mol. The topological polar surface area (TPSA) is 59.0 Å². The van der Waals surface area contributed by atoms with Gasteiger partial charge in [0.25, 0.3) is 0 Å². The number of rotatable bonds is 5. The van der Waals surface area contributed by atoms with Crippen LogP contribution in [-0.4, -0.2) is 33.8 Å². The number of amides is 1. The number of carbonyl (C=O) groups excluding carboxylic acids is 2. The lowest BCUT2D eigenvalue weighted by Gasteiger charge is -2.33. The Labute approximate surface area is 155 Å². The van der Waals surface area contributed by atoms with Crippen molar-refractivity contribution in [3.63, 3.8) is 0 Å². The Morgan fingerprint density at radius 2 is 2.12 bits per heavy atom. The lowest BCUT2D eigenvalue weighted by Crippen LogP contribution is -2.40. The number of benzene rings is 1. The summed E-state index contributed by atoms with van der Waals surface area (Å²) in [5.41, 5.74) is 1.42. The highest BCUT2D eigenvalue weighted by atomic mass is 32.2. The summed E-state index contributed by atoms with van der Waals surface area (Å²) in [4.78, 5) is 31.5. The standard InChI is InChI=1S/C19H19FN2O3S/c1-4-10-25-18(24)15-11(3)21-19-22(17(23)14(5-2)26-19)16(15)12-6-8-13(20)9-7-12/h4,6-9,14,16H,1,5,10H2,2-3H3/t14-,16-/m0/s1. The maximum Gasteiger partial charge on any atom is 0.338 e. The Morgan fingerprint density at radius 1 is 1.42 bits per heavy atom. The zero-order valence-electron chi connectivity index (χ0n) is 14.6. The van der Waals surface area contributed by atoms with Crippen LogP contribution in [0, 0.1) is 5.82 Å². The molecule has 0 radical (unpaired) electrons. The van der Waals surface area contributed by atoms with Crippen molar-refractivity contribution in [2.75, 3.05) is 6.61 Å². The Balaban J connectivity index is 2.10. The molecule has 1 aromatic carbocycles. The molecule has 5 nitrogen and oxygen atoms in total. The maximum absolute atomic E-state index is 13.4. The van der Waals surface area contributed by atoms with Crippen LogP contribution < -0.4 is 0 Å². The van der Waals surface area contributed by atoms with Gasteiger partial charge in [0.1, 0.15) is 12.4 Å². The van der Waals surface area contributed by atoms with E-state index in [0.29, 0.717) is 22.8 Å². The largest absolute Gasteiger partial charge is 0.458 e. The second kappa shape index (κ2) is 7.45. The third kappa shape index (κ3) is 3.19. The molecule has 0 spiro atoms. The van der Waals surface area contributed by atoms with Crippen molar-refractivity contribution < 1.29 is 18.7 Å². The van der Waals surface area contributed by atoms with Gasteiger partial charge in [0.2, 0.25) is 5.91 Å². The molecular weight excluding hydrogens is 355 g/mol. The molecule has 0 N–H and O–H groups in total. The third-order valence-electron chi connectivity index (χ3n) is 4.26. The van der Waals surface area contributed by atoms with Gasteiger partial charge in [-0.1, -0.05) is 43.5 Å². The van der Waals surface area contributed by atoms with Crippen LogP contribution in [0.2, 0.25) is 0 Å². The first-order valence-corrected chi connectivity index (χ1v) is 9.18. The summed E-state index contributed by atoms with van der Waals surface area (Å²) in [6.45, 7) is 7.25. The van der Waals surface area contributed by atoms with E-state index in [1.807, 2.05) is 6.92 Å². The summed E-state index contributed by atoms with van der Waals surface area (Å²) in [6.07, 6.45) is 2.13. The van der Waals surface area contributed by atoms with Crippen LogP contribution in [0.15, 0.2) is 53.2 Å². The smallest absolute Gasteiger partial charge is 0.338 e. The number of halogens is 1. The van der Waals surface area contributed by atoms with E-state index >= 15 is 0 Å². The van der Waals surface area contributed by atoms with Crippen LogP contribution in [0.25, 0.3) is 0 Å². The van der Waals surface area contributed by atoms with E-state index in [4.69, 9.17) is 4.74 Å². The van der Waals surface area contributed by atoms with Gasteiger partial charge in [0.15, 0.2) is 5.17 Å². The molecule has 7 heteroatoms. The summed E-state index contributed by atoms with van der Waals surface area (Å²) in [6, 6.07) is 5.10. The fourth-order valence-corrected chi connectivity index (χ4v) is 4.16. The minimum absolute atomic E-state index is 0.0581. The Kier molecular flexibility index (Phi) is 5.27. The highest BCUT2D eigenvalue weighted by molar-refractivity contribution is 8.15. The maximum atomic E-state index is 13.4. The van der Waals surface area contributed by atoms with Crippen LogP contribution >= 0.6 is 11.8 Å². The van der Waals surface area contributed by atoms with E-state index in [9.17, 15) is 14.0 Å². The molecule has 2 heterocycles. The molecule has 0 aliphatic carbocycles. The van der Waals surface area contributed by atoms with Gasteiger partial charge in [-0.3, -0.25) is 9.69 Å². The molecule has 1 saturated heterocycles. The first-order valence-electron chi connectivity index (χ1n) is 8.30. The second-order valence-corrected chi connectivity index (χ2v) is 7.13. The summed E-state index contributed by atoms with van der Waals surface area (Å²) in [5.74, 6) is -1.05. The van der Waals surface area contributed by atoms with Gasteiger partial charge in [-0.05, 0) is 31.0 Å². The summed E-state index contributed by atoms with van der Waals surface area (Å²) in [5, 5.41) is 0.321. The monoisotopic (exact) mass is 374 g/mol. The predicted octanol–water partition coefficient (Wildman–Crippen LogP) is 3.59. The average Bonchev–Trinajstić information content (AvgIpc) is 2.94. The molecular formula is C19H19FN2O3S. The zero-order chi connectivity index (χ0) is 18.8. The van der Waals surface area contributed by atoms with Gasteiger partial charge in [0.05, 0.1) is 22.6 Å². The lowest BCUT2D eigenvalue weighted by atomic mass is 9.94. The molecule has 1 fully saturated rings. The minimum atomic E-state index is -0.683. The van der Waals surface area contributed by atoms with Crippen molar-refractivity contribution in [1.29, 1.82) is 0 Å². The van der Waals surface area contributed by atoms with Gasteiger partial charge >= 0.3 is 5.97 Å². The van der Waals surface area contributed by atoms with Crippen LogP contribution in [0.5, 0.6) is 0 Å². The summed E-state index contributed by atoms with van der Waals surface area (Å²) in [7, 11) is 0. The molecule has 0 unspecified atom stereocenters. The first kappa shape index (κ1) is 18.4. The van der Waals surface area contributed by atoms with Gasteiger partial charge in [-0.2, -0.15) is 0 Å². The second-order valence-electron chi connectivity index (χ2n) is 5.96. The molecule has 1 aromatic rings. The molecule has 1 amide bonds. The van der Waals surface area contributed by atoms with Crippen molar-refractivity contribution in [2.24, 2.45) is 4.99 Å². The van der Waals surface area contributed by atoms with Crippen molar-refractivity contribution in [3.05, 3.63) is 59.6 Å². The average molecular weight is 374 g/mol. The number of hydrogen-bond donors (Lipinski definition) is 0. The van der Waals surface area contributed by atoms with E-state index in [-0.39, 0.29) is 29.2 Å². The van der Waals surface area contributed by atoms with Gasteiger partial charge in [-0.15, -0.1) is 0 Å². The van der Waals surface area contributed by atoms with E-state index in [1.165, 1.54) is 34.9 Å². The number of aliphatic imine (C=N–C) groups is 1. The number of allylic oxidation sites excluding steroid dienone is 1. The fraction of sp³-hybridized carbons (Fsp3) is 0.316. The third-order valence-corrected chi connectivity index (χ3v) is 5.58. The van der Waals surface area contributed by atoms with E-state index in [2.05, 4.69) is 11.6 Å². The van der Waals surface area contributed by atoms with Crippen molar-refractivity contribution >= 4 is 28.8 Å². The quantitative estimate of drug-likeness (QED) is 0.584. The molecule has 2 atom stereocenters. The fourth-order valence-electron chi connectivity index (χ4n) is 3.02. The molecule has 0 bridgehead atoms. The van der Waals surface area contributed by atoms with Crippen LogP contribution in [0.1, 0.15) is 31.9 Å². The Morgan fingerprint density at radius 3 is 2.73 bits per heavy atom. The Hall–Kier alpha value is -2.41.